The Morgan fingerprint density at radius 1 is 0.946 bits per heavy atom. The number of carboxylic acids is 1. The van der Waals surface area contributed by atoms with Gasteiger partial charge in [-0.2, -0.15) is 0 Å². The minimum absolute atomic E-state index is 0.121. The molecule has 0 spiro atoms. The van der Waals surface area contributed by atoms with Gasteiger partial charge in [0, 0.05) is 47.3 Å². The second-order valence-electron chi connectivity index (χ2n) is 15.5. The Hall–Kier alpha value is -5.34. The molecule has 1 amide bonds. The number of aryl methyl sites for hydroxylation is 1. The summed E-state index contributed by atoms with van der Waals surface area (Å²) in [6, 6.07) is 5.81. The zero-order valence-electron chi connectivity index (χ0n) is 33.5. The molecule has 8 bridgehead atoms. The molecule has 4 aliphatic heterocycles. The van der Waals surface area contributed by atoms with Gasteiger partial charge in [-0.25, -0.2) is 24.4 Å². The highest BCUT2D eigenvalue weighted by molar-refractivity contribution is 6.18. The van der Waals surface area contributed by atoms with Gasteiger partial charge in [-0.3, -0.25) is 4.79 Å². The van der Waals surface area contributed by atoms with Gasteiger partial charge in [0.25, 0.3) is 0 Å². The van der Waals surface area contributed by atoms with Crippen LogP contribution in [0.25, 0.3) is 33.3 Å². The van der Waals surface area contributed by atoms with E-state index in [1.54, 1.807) is 27.7 Å². The van der Waals surface area contributed by atoms with Gasteiger partial charge in [-0.15, -0.1) is 0 Å². The fourth-order valence-electron chi connectivity index (χ4n) is 7.77. The summed E-state index contributed by atoms with van der Waals surface area (Å²) in [5.74, 6) is -3.13. The summed E-state index contributed by atoms with van der Waals surface area (Å²) in [5.41, 5.74) is 9.33. The third kappa shape index (κ3) is 8.12. The van der Waals surface area contributed by atoms with E-state index in [0.29, 0.717) is 66.5 Å². The number of alkyl carbamates (subject to hydrolysis) is 1. The maximum absolute atomic E-state index is 13.6. The van der Waals surface area contributed by atoms with Crippen molar-refractivity contribution < 1.29 is 43.2 Å². The fourth-order valence-corrected chi connectivity index (χ4v) is 7.77. The minimum Gasteiger partial charge on any atom is -0.481 e. The number of hydrogen-bond donors (Lipinski definition) is 4. The normalized spacial score (nSPS) is 17.9. The number of ether oxygens (including phenoxy) is 4. The highest BCUT2D eigenvalue weighted by Crippen LogP contribution is 2.44. The molecule has 0 saturated heterocycles. The Bertz CT molecular complexity index is 2240. The van der Waals surface area contributed by atoms with E-state index in [9.17, 15) is 24.3 Å². The number of aliphatic carboxylic acids is 1. The van der Waals surface area contributed by atoms with Gasteiger partial charge >= 0.3 is 24.0 Å². The van der Waals surface area contributed by atoms with E-state index in [0.717, 1.165) is 39.4 Å². The molecule has 0 aliphatic carbocycles. The lowest BCUT2D eigenvalue weighted by Gasteiger charge is -2.19. The number of carboxylic acid groups (broad SMARTS) is 1. The van der Waals surface area contributed by atoms with E-state index in [2.05, 4.69) is 22.2 Å². The van der Waals surface area contributed by atoms with E-state index in [-0.39, 0.29) is 36.0 Å². The second kappa shape index (κ2) is 16.0. The Labute approximate surface area is 325 Å². The zero-order valence-corrected chi connectivity index (χ0v) is 33.5. The van der Waals surface area contributed by atoms with Crippen molar-refractivity contribution in [3.05, 3.63) is 69.1 Å². The molecule has 56 heavy (non-hydrogen) atoms. The van der Waals surface area contributed by atoms with E-state index in [4.69, 9.17) is 28.9 Å². The molecule has 14 nitrogen and oxygen atoms in total. The number of fused-ring (bicyclic) bond motifs is 8. The van der Waals surface area contributed by atoms with Crippen LogP contribution in [0.2, 0.25) is 0 Å². The summed E-state index contributed by atoms with van der Waals surface area (Å²) in [6.45, 7) is 18.4. The van der Waals surface area contributed by atoms with Gasteiger partial charge in [-0.05, 0) is 102 Å². The van der Waals surface area contributed by atoms with Crippen molar-refractivity contribution in [1.29, 1.82) is 0 Å². The van der Waals surface area contributed by atoms with Gasteiger partial charge in [0.05, 0.1) is 59.8 Å². The number of cyclic esters (lactones) is 2. The lowest BCUT2D eigenvalue weighted by molar-refractivity contribution is -0.137. The summed E-state index contributed by atoms with van der Waals surface area (Å²) in [4.78, 5) is 67.6. The summed E-state index contributed by atoms with van der Waals surface area (Å²) in [5, 5.41) is 12.3. The number of nitrogens with zero attached hydrogens (tertiary/aromatic N) is 2. The van der Waals surface area contributed by atoms with Crippen molar-refractivity contribution in [2.75, 3.05) is 26.4 Å². The molecule has 0 aromatic carbocycles. The van der Waals surface area contributed by atoms with Crippen LogP contribution in [0.1, 0.15) is 147 Å². The third-order valence-corrected chi connectivity index (χ3v) is 10.6. The second-order valence-corrected chi connectivity index (χ2v) is 15.5. The monoisotopic (exact) mass is 769 g/mol. The number of esters is 2. The van der Waals surface area contributed by atoms with Gasteiger partial charge in [-0.1, -0.05) is 13.8 Å². The van der Waals surface area contributed by atoms with E-state index < -0.39 is 35.5 Å². The first-order valence-electron chi connectivity index (χ1n) is 19.1. The van der Waals surface area contributed by atoms with Crippen LogP contribution in [0.4, 0.5) is 4.79 Å². The Kier molecular flexibility index (Phi) is 11.5. The number of allylic oxidation sites excluding steroid dienone is 3. The number of rotatable bonds is 12. The molecule has 0 saturated carbocycles. The standard InChI is InChI=1S/C42H51N5O9/c1-10-25-20(2)27-19-32-34(24(6)54-16-15-53-14-13-43-41(52)56-42(7,8)9)22(4)29(45-32)17-28-21(3)26(11-12-33(48)49)37(46-28)36-38-35(39(50)55-40(36)51)23(5)30(47-38)18-31(25)44-27/h17-19,21,24,26,46-47H,10-16H2,1-9H3,(H,43,52)(H,48,49)/t21-,24?,26-/m0/s1. The molecule has 3 atom stereocenters. The molecule has 6 heterocycles. The number of aromatic nitrogens is 4. The quantitative estimate of drug-likeness (QED) is 0.0942. The molecular formula is C42H51N5O9. The molecule has 0 fully saturated rings. The summed E-state index contributed by atoms with van der Waals surface area (Å²) >= 11 is 0. The molecule has 0 radical (unpaired) electrons. The first kappa shape index (κ1) is 40.3. The van der Waals surface area contributed by atoms with E-state index >= 15 is 0 Å². The number of H-pyrrole nitrogens is 2. The van der Waals surface area contributed by atoms with Gasteiger partial charge < -0.3 is 39.3 Å². The van der Waals surface area contributed by atoms with Crippen LogP contribution >= 0.6 is 0 Å². The first-order valence-corrected chi connectivity index (χ1v) is 19.1. The van der Waals surface area contributed by atoms with Crippen LogP contribution in [0, 0.1) is 6.92 Å². The Balaban J connectivity index is 1.44. The van der Waals surface area contributed by atoms with E-state index in [1.807, 2.05) is 45.9 Å². The summed E-state index contributed by atoms with van der Waals surface area (Å²) in [6.07, 6.45) is -0.0640. The van der Waals surface area contributed by atoms with Crippen LogP contribution in [0.3, 0.4) is 0 Å². The molecule has 2 aromatic heterocycles. The van der Waals surface area contributed by atoms with Crippen molar-refractivity contribution in [2.45, 2.75) is 105 Å². The molecule has 4 N–H and O–H groups in total. The number of hydrogen-bond acceptors (Lipinski definition) is 10. The predicted octanol–water partition coefficient (Wildman–Crippen LogP) is 7.63. The number of nitrogens with one attached hydrogen (secondary N) is 3. The van der Waals surface area contributed by atoms with Crippen LogP contribution in [-0.4, -0.2) is 87.1 Å². The molecule has 6 rings (SSSR count). The molecule has 2 aromatic rings. The predicted molar refractivity (Wildman–Crippen MR) is 211 cm³/mol. The van der Waals surface area contributed by atoms with Crippen molar-refractivity contribution in [1.82, 2.24) is 25.3 Å². The average molecular weight is 770 g/mol. The fraction of sp³-hybridized carbons (Fsp3) is 0.476. The largest absolute Gasteiger partial charge is 0.481 e. The Morgan fingerprint density at radius 3 is 2.34 bits per heavy atom. The smallest absolute Gasteiger partial charge is 0.407 e. The van der Waals surface area contributed by atoms with Gasteiger partial charge in [0.2, 0.25) is 0 Å². The summed E-state index contributed by atoms with van der Waals surface area (Å²) in [7, 11) is 0. The highest BCUT2D eigenvalue weighted by atomic mass is 16.6. The van der Waals surface area contributed by atoms with E-state index in [1.165, 1.54) is 0 Å². The van der Waals surface area contributed by atoms with Gasteiger partial charge in [0.15, 0.2) is 0 Å². The first-order chi connectivity index (χ1) is 26.5. The molecule has 14 heteroatoms. The highest BCUT2D eigenvalue weighted by Gasteiger charge is 2.38. The number of amides is 1. The Morgan fingerprint density at radius 2 is 1.64 bits per heavy atom. The molecule has 1 unspecified atom stereocenters. The van der Waals surface area contributed by atoms with Crippen molar-refractivity contribution >= 4 is 57.3 Å². The molecule has 4 aliphatic rings. The maximum Gasteiger partial charge on any atom is 0.407 e. The summed E-state index contributed by atoms with van der Waals surface area (Å²) < 4.78 is 22.6. The van der Waals surface area contributed by atoms with Crippen molar-refractivity contribution in [3.63, 3.8) is 0 Å². The number of carbonyl (C=O) groups is 4. The maximum atomic E-state index is 13.6. The van der Waals surface area contributed by atoms with Crippen molar-refractivity contribution in [3.8, 4) is 0 Å². The van der Waals surface area contributed by atoms with Crippen LogP contribution in [0.5, 0.6) is 0 Å². The third-order valence-electron chi connectivity index (χ3n) is 10.6. The van der Waals surface area contributed by atoms with Crippen LogP contribution in [-0.2, 0) is 23.7 Å². The average Bonchev–Trinajstić information content (AvgIpc) is 3.79. The SMILES string of the molecule is CCC1=C(C)c2cc3nc(cc4[nH]c(c5c6[nH]c(cc1n2)c(C)c6C(=O)OC5=O)[C@@H](CCC(=O)O)[C@@H]4C)C(C)=C3C(C)OCCOCCNC(=O)OC(C)(C)C. The minimum atomic E-state index is -0.953. The number of aromatic amines is 2. The molecular weight excluding hydrogens is 718 g/mol. The molecule has 298 valence electrons. The topological polar surface area (TPSA) is 195 Å². The van der Waals surface area contributed by atoms with Crippen molar-refractivity contribution in [2.24, 2.45) is 0 Å². The van der Waals surface area contributed by atoms with Crippen LogP contribution in [0.15, 0.2) is 18.2 Å². The van der Waals surface area contributed by atoms with Gasteiger partial charge in [0.1, 0.15) is 11.2 Å². The van der Waals surface area contributed by atoms with Crippen LogP contribution < -0.4 is 5.32 Å². The number of carbonyl (C=O) groups excluding carboxylic acids is 3. The zero-order chi connectivity index (χ0) is 40.6. The lowest BCUT2D eigenvalue weighted by Crippen LogP contribution is -2.34. The lowest BCUT2D eigenvalue weighted by atomic mass is 9.85.